The Balaban J connectivity index is 2.64. The Hall–Kier alpha value is -1.77. The predicted molar refractivity (Wildman–Crippen MR) is 93.5 cm³/mol. The molecule has 22 heavy (non-hydrogen) atoms. The molecule has 1 aromatic carbocycles. The van der Waals surface area contributed by atoms with E-state index in [4.69, 9.17) is 6.57 Å². The van der Waals surface area contributed by atoms with Crippen molar-refractivity contribution < 1.29 is 9.90 Å². The lowest BCUT2D eigenvalue weighted by molar-refractivity contribution is 0.0703. The van der Waals surface area contributed by atoms with Crippen molar-refractivity contribution in [1.82, 2.24) is 0 Å². The molecule has 0 saturated carbocycles. The lowest BCUT2D eigenvalue weighted by Gasteiger charge is -2.19. The van der Waals surface area contributed by atoms with Crippen LogP contribution in [0.15, 0.2) is 28.5 Å². The van der Waals surface area contributed by atoms with Crippen molar-refractivity contribution in [3.05, 3.63) is 46.1 Å². The molecule has 0 bridgehead atoms. The molecular formula is C17H17NO2S2. The number of carboxylic acids is 1. The molecule has 0 unspecified atom stereocenters. The highest BCUT2D eigenvalue weighted by Gasteiger charge is 2.24. The van der Waals surface area contributed by atoms with Crippen LogP contribution in [0.4, 0.5) is 5.69 Å². The molecule has 5 heteroatoms. The highest BCUT2D eigenvalue weighted by Crippen LogP contribution is 2.47. The lowest BCUT2D eigenvalue weighted by atomic mass is 9.86. The molecule has 1 N–H and O–H groups in total. The highest BCUT2D eigenvalue weighted by molar-refractivity contribution is 8.00. The van der Waals surface area contributed by atoms with Gasteiger partial charge in [-0.15, -0.1) is 23.1 Å². The molecule has 114 valence electrons. The molecule has 0 radical (unpaired) electrons. The molecule has 0 fully saturated rings. The van der Waals surface area contributed by atoms with E-state index in [0.29, 0.717) is 11.3 Å². The molecular weight excluding hydrogens is 314 g/mol. The van der Waals surface area contributed by atoms with Crippen LogP contribution in [0.25, 0.3) is 16.0 Å². The van der Waals surface area contributed by atoms with Crippen LogP contribution in [-0.4, -0.2) is 17.3 Å². The maximum absolute atomic E-state index is 11.5. The van der Waals surface area contributed by atoms with E-state index in [2.05, 4.69) is 25.6 Å². The number of hydrogen-bond acceptors (Lipinski definition) is 3. The second-order valence-corrected chi connectivity index (χ2v) is 7.99. The van der Waals surface area contributed by atoms with Crippen LogP contribution in [0.3, 0.4) is 0 Å². The van der Waals surface area contributed by atoms with Crippen molar-refractivity contribution in [3.8, 4) is 11.1 Å². The fourth-order valence-electron chi connectivity index (χ4n) is 2.20. The fourth-order valence-corrected chi connectivity index (χ4v) is 3.95. The number of benzene rings is 1. The van der Waals surface area contributed by atoms with Crippen molar-refractivity contribution in [3.63, 3.8) is 0 Å². The summed E-state index contributed by atoms with van der Waals surface area (Å²) < 4.78 is 0.752. The first-order valence-corrected chi connectivity index (χ1v) is 8.76. The molecule has 0 aliphatic heterocycles. The Kier molecular flexibility index (Phi) is 4.64. The third-order valence-corrected chi connectivity index (χ3v) is 5.66. The average Bonchev–Trinajstić information content (AvgIpc) is 2.85. The Morgan fingerprint density at radius 3 is 2.27 bits per heavy atom. The van der Waals surface area contributed by atoms with Gasteiger partial charge in [0.25, 0.3) is 0 Å². The van der Waals surface area contributed by atoms with Gasteiger partial charge < -0.3 is 5.11 Å². The van der Waals surface area contributed by atoms with Crippen LogP contribution in [0.2, 0.25) is 0 Å². The Morgan fingerprint density at radius 2 is 1.86 bits per heavy atom. The smallest absolute Gasteiger partial charge is 0.345 e. The molecule has 0 aliphatic carbocycles. The molecule has 2 rings (SSSR count). The second kappa shape index (κ2) is 6.15. The van der Waals surface area contributed by atoms with E-state index in [9.17, 15) is 9.90 Å². The van der Waals surface area contributed by atoms with Crippen LogP contribution in [0.1, 0.15) is 36.0 Å². The molecule has 0 saturated heterocycles. The molecule has 0 atom stereocenters. The van der Waals surface area contributed by atoms with Gasteiger partial charge in [-0.2, -0.15) is 0 Å². The zero-order valence-electron chi connectivity index (χ0n) is 12.9. The highest BCUT2D eigenvalue weighted by atomic mass is 32.2. The van der Waals surface area contributed by atoms with Gasteiger partial charge in [0, 0.05) is 5.56 Å². The summed E-state index contributed by atoms with van der Waals surface area (Å²) in [5.74, 6) is -0.981. The summed E-state index contributed by atoms with van der Waals surface area (Å²) in [6.45, 7) is 13.8. The first kappa shape index (κ1) is 16.6. The standard InChI is InChI=1S/C17H17NO2S2/c1-17(2,3)11-8-6-10(7-9-11)12-13(18-4)16(21-5)22-14(12)15(19)20/h6-9H,1-3,5H3,(H,19,20). The van der Waals surface area contributed by atoms with E-state index in [1.54, 1.807) is 0 Å². The third kappa shape index (κ3) is 3.03. The van der Waals surface area contributed by atoms with E-state index < -0.39 is 5.97 Å². The molecule has 3 nitrogen and oxygen atoms in total. The summed E-state index contributed by atoms with van der Waals surface area (Å²) in [5, 5.41) is 9.44. The topological polar surface area (TPSA) is 41.7 Å². The Morgan fingerprint density at radius 1 is 1.27 bits per heavy atom. The van der Waals surface area contributed by atoms with E-state index >= 15 is 0 Å². The summed E-state index contributed by atoms with van der Waals surface area (Å²) >= 11 is 2.59. The summed E-state index contributed by atoms with van der Waals surface area (Å²) in [4.78, 5) is 15.3. The van der Waals surface area contributed by atoms with Crippen LogP contribution >= 0.6 is 23.1 Å². The minimum atomic E-state index is -0.981. The maximum Gasteiger partial charge on any atom is 0.345 e. The van der Waals surface area contributed by atoms with Crippen LogP contribution in [-0.2, 0) is 5.41 Å². The number of hydrogen-bond donors (Lipinski definition) is 1. The molecule has 0 amide bonds. The van der Waals surface area contributed by atoms with E-state index in [0.717, 1.165) is 9.77 Å². The largest absolute Gasteiger partial charge is 0.477 e. The number of thiophene rings is 1. The third-order valence-electron chi connectivity index (χ3n) is 3.38. The number of carboxylic acid groups (broad SMARTS) is 1. The second-order valence-electron chi connectivity index (χ2n) is 5.89. The number of thioether (sulfide) groups is 1. The van der Waals surface area contributed by atoms with Crippen LogP contribution in [0.5, 0.6) is 0 Å². The number of carbonyl (C=O) groups is 1. The summed E-state index contributed by atoms with van der Waals surface area (Å²) in [5.41, 5.74) is 2.98. The van der Waals surface area contributed by atoms with Crippen LogP contribution < -0.4 is 0 Å². The molecule has 0 aliphatic rings. The van der Waals surface area contributed by atoms with Crippen LogP contribution in [0, 0.1) is 6.57 Å². The molecule has 1 aromatic heterocycles. The van der Waals surface area contributed by atoms with Crippen molar-refractivity contribution in [2.75, 3.05) is 6.26 Å². The first-order chi connectivity index (χ1) is 10.3. The number of rotatable bonds is 3. The average molecular weight is 331 g/mol. The van der Waals surface area contributed by atoms with Crippen molar-refractivity contribution in [1.29, 1.82) is 0 Å². The van der Waals surface area contributed by atoms with E-state index in [1.165, 1.54) is 28.7 Å². The normalized spacial score (nSPS) is 11.2. The minimum absolute atomic E-state index is 0.0376. The quantitative estimate of drug-likeness (QED) is 0.581. The summed E-state index contributed by atoms with van der Waals surface area (Å²) in [6, 6.07) is 7.83. The van der Waals surface area contributed by atoms with Crippen molar-refractivity contribution >= 4 is 34.8 Å². The van der Waals surface area contributed by atoms with Gasteiger partial charge in [0.15, 0.2) is 0 Å². The number of nitrogens with zero attached hydrogens (tertiary/aromatic N) is 1. The van der Waals surface area contributed by atoms with Gasteiger partial charge in [-0.25, -0.2) is 9.64 Å². The van der Waals surface area contributed by atoms with Gasteiger partial charge >= 0.3 is 5.97 Å². The monoisotopic (exact) mass is 331 g/mol. The molecule has 1 heterocycles. The number of aromatic carboxylic acids is 1. The van der Waals surface area contributed by atoms with Crippen molar-refractivity contribution in [2.24, 2.45) is 0 Å². The lowest BCUT2D eigenvalue weighted by Crippen LogP contribution is -2.10. The Labute approximate surface area is 138 Å². The SMILES string of the molecule is [C-]#[N+]c1c(SC)sc(C(=O)O)c1-c1ccc(C(C)(C)C)cc1. The van der Waals surface area contributed by atoms with E-state index in [1.807, 2.05) is 30.5 Å². The maximum atomic E-state index is 11.5. The Bertz CT molecular complexity index is 747. The zero-order valence-corrected chi connectivity index (χ0v) is 14.6. The predicted octanol–water partition coefficient (Wildman–Crippen LogP) is 5.68. The fraction of sp³-hybridized carbons (Fsp3) is 0.294. The minimum Gasteiger partial charge on any atom is -0.477 e. The van der Waals surface area contributed by atoms with Gasteiger partial charge in [0.2, 0.25) is 5.69 Å². The van der Waals surface area contributed by atoms with Crippen molar-refractivity contribution in [2.45, 2.75) is 30.4 Å². The van der Waals surface area contributed by atoms with Gasteiger partial charge in [-0.1, -0.05) is 45.0 Å². The molecule has 0 spiro atoms. The first-order valence-electron chi connectivity index (χ1n) is 6.72. The zero-order chi connectivity index (χ0) is 16.5. The van der Waals surface area contributed by atoms with E-state index in [-0.39, 0.29) is 10.3 Å². The van der Waals surface area contributed by atoms with Gasteiger partial charge in [-0.05, 0) is 22.8 Å². The van der Waals surface area contributed by atoms with Gasteiger partial charge in [-0.3, -0.25) is 0 Å². The summed E-state index contributed by atoms with van der Waals surface area (Å²) in [6.07, 6.45) is 1.86. The van der Waals surface area contributed by atoms with Gasteiger partial charge in [0.05, 0.1) is 10.8 Å². The summed E-state index contributed by atoms with van der Waals surface area (Å²) in [7, 11) is 0. The molecule has 2 aromatic rings. The van der Waals surface area contributed by atoms with Gasteiger partial charge in [0.1, 0.15) is 4.88 Å².